The van der Waals surface area contributed by atoms with E-state index in [1.807, 2.05) is 12.1 Å². The van der Waals surface area contributed by atoms with E-state index in [4.69, 9.17) is 9.47 Å². The van der Waals surface area contributed by atoms with Crippen LogP contribution in [0, 0.1) is 5.82 Å². The van der Waals surface area contributed by atoms with Crippen LogP contribution in [0.15, 0.2) is 51.8 Å². The number of benzene rings is 2. The average Bonchev–Trinajstić information content (AvgIpc) is 2.95. The molecule has 9 heteroatoms. The molecule has 3 aromatic rings. The first-order valence-corrected chi connectivity index (χ1v) is 9.93. The van der Waals surface area contributed by atoms with Crippen LogP contribution >= 0.6 is 11.3 Å². The van der Waals surface area contributed by atoms with Crippen LogP contribution in [-0.2, 0) is 21.3 Å². The highest BCUT2D eigenvalue weighted by molar-refractivity contribution is 7.90. The molecule has 0 N–H and O–H groups in total. The fraction of sp³-hybridized carbons (Fsp3) is 0.235. The Balaban J connectivity index is 2.18. The number of nitrogens with zero attached hydrogens (tertiary/aromatic N) is 2. The lowest BCUT2D eigenvalue weighted by atomic mass is 10.3. The molecule has 0 amide bonds. The van der Waals surface area contributed by atoms with Gasteiger partial charge in [0.25, 0.3) is 10.0 Å². The van der Waals surface area contributed by atoms with Crippen molar-refractivity contribution < 1.29 is 22.3 Å². The van der Waals surface area contributed by atoms with Gasteiger partial charge in [-0.15, -0.1) is 4.40 Å². The topological polar surface area (TPSA) is 69.9 Å². The SMILES string of the molecule is COCCn1c(=NS(=O)(=O)c2ccc(F)cc2)sc2cc(OC)ccc21. The minimum atomic E-state index is -3.97. The molecule has 0 atom stereocenters. The predicted octanol–water partition coefficient (Wildman–Crippen LogP) is 2.79. The Morgan fingerprint density at radius 1 is 1.15 bits per heavy atom. The maximum Gasteiger partial charge on any atom is 0.285 e. The molecule has 0 aliphatic carbocycles. The van der Waals surface area contributed by atoms with Crippen LogP contribution < -0.4 is 9.54 Å². The molecule has 0 fully saturated rings. The van der Waals surface area contributed by atoms with E-state index >= 15 is 0 Å². The molecular weight excluding hydrogens is 379 g/mol. The van der Waals surface area contributed by atoms with Crippen LogP contribution in [0.4, 0.5) is 4.39 Å². The van der Waals surface area contributed by atoms with Gasteiger partial charge >= 0.3 is 0 Å². The van der Waals surface area contributed by atoms with E-state index in [0.29, 0.717) is 23.7 Å². The molecular formula is C17H17FN2O4S2. The summed E-state index contributed by atoms with van der Waals surface area (Å²) in [7, 11) is -0.824. The summed E-state index contributed by atoms with van der Waals surface area (Å²) in [6.45, 7) is 0.849. The summed E-state index contributed by atoms with van der Waals surface area (Å²) in [4.78, 5) is 0.252. The van der Waals surface area contributed by atoms with Crippen molar-refractivity contribution in [3.63, 3.8) is 0 Å². The zero-order valence-corrected chi connectivity index (χ0v) is 15.8. The fourth-order valence-electron chi connectivity index (χ4n) is 2.41. The molecule has 3 rings (SSSR count). The molecule has 1 heterocycles. The maximum atomic E-state index is 13.1. The van der Waals surface area contributed by atoms with Crippen molar-refractivity contribution in [1.82, 2.24) is 4.57 Å². The number of aromatic nitrogens is 1. The molecule has 0 bridgehead atoms. The lowest BCUT2D eigenvalue weighted by molar-refractivity contribution is 0.187. The lowest BCUT2D eigenvalue weighted by Gasteiger charge is -2.05. The first kappa shape index (κ1) is 18.6. The Morgan fingerprint density at radius 3 is 2.54 bits per heavy atom. The summed E-state index contributed by atoms with van der Waals surface area (Å²) in [6.07, 6.45) is 0. The van der Waals surface area contributed by atoms with E-state index < -0.39 is 15.8 Å². The minimum Gasteiger partial charge on any atom is -0.497 e. The number of methoxy groups -OCH3 is 2. The molecule has 0 spiro atoms. The Morgan fingerprint density at radius 2 is 1.88 bits per heavy atom. The summed E-state index contributed by atoms with van der Waals surface area (Å²) in [6, 6.07) is 10.1. The summed E-state index contributed by atoms with van der Waals surface area (Å²) in [5, 5.41) is 0. The second kappa shape index (κ2) is 7.56. The number of ether oxygens (including phenoxy) is 2. The predicted molar refractivity (Wildman–Crippen MR) is 97.4 cm³/mol. The van der Waals surface area contributed by atoms with Crippen molar-refractivity contribution >= 4 is 31.6 Å². The normalized spacial score (nSPS) is 12.7. The van der Waals surface area contributed by atoms with Gasteiger partial charge in [-0.25, -0.2) is 4.39 Å². The smallest absolute Gasteiger partial charge is 0.285 e. The van der Waals surface area contributed by atoms with Crippen LogP contribution in [0.2, 0.25) is 0 Å². The van der Waals surface area contributed by atoms with Crippen LogP contribution in [0.3, 0.4) is 0 Å². The van der Waals surface area contributed by atoms with Crippen LogP contribution in [0.25, 0.3) is 10.2 Å². The maximum absolute atomic E-state index is 13.1. The minimum absolute atomic E-state index is 0.0628. The first-order valence-electron chi connectivity index (χ1n) is 7.67. The molecule has 6 nitrogen and oxygen atoms in total. The molecule has 0 radical (unpaired) electrons. The zero-order chi connectivity index (χ0) is 18.7. The number of rotatable bonds is 6. The summed E-state index contributed by atoms with van der Waals surface area (Å²) in [5.74, 6) is 0.165. The van der Waals surface area contributed by atoms with Crippen molar-refractivity contribution in [2.24, 2.45) is 4.40 Å². The molecule has 26 heavy (non-hydrogen) atoms. The van der Waals surface area contributed by atoms with Crippen molar-refractivity contribution in [1.29, 1.82) is 0 Å². The van der Waals surface area contributed by atoms with E-state index in [9.17, 15) is 12.8 Å². The van der Waals surface area contributed by atoms with Gasteiger partial charge in [-0.3, -0.25) is 0 Å². The third-order valence-corrected chi connectivity index (χ3v) is 6.16. The molecule has 0 saturated heterocycles. The number of halogens is 1. The van der Waals surface area contributed by atoms with Gasteiger partial charge < -0.3 is 14.0 Å². The van der Waals surface area contributed by atoms with E-state index in [1.165, 1.54) is 23.5 Å². The second-order valence-corrected chi connectivity index (χ2v) is 8.00. The van der Waals surface area contributed by atoms with Gasteiger partial charge in [-0.1, -0.05) is 11.3 Å². The first-order chi connectivity index (χ1) is 12.4. The van der Waals surface area contributed by atoms with Crippen molar-refractivity contribution in [2.75, 3.05) is 20.8 Å². The third kappa shape index (κ3) is 3.79. The third-order valence-electron chi connectivity index (χ3n) is 3.72. The molecule has 138 valence electrons. The molecule has 0 aliphatic heterocycles. The van der Waals surface area contributed by atoms with E-state index in [-0.39, 0.29) is 4.90 Å². The molecule has 2 aromatic carbocycles. The van der Waals surface area contributed by atoms with Gasteiger partial charge in [0.15, 0.2) is 0 Å². The fourth-order valence-corrected chi connectivity index (χ4v) is 4.70. The van der Waals surface area contributed by atoms with Crippen molar-refractivity contribution in [2.45, 2.75) is 11.4 Å². The highest BCUT2D eigenvalue weighted by Gasteiger charge is 2.15. The zero-order valence-electron chi connectivity index (χ0n) is 14.2. The molecule has 0 aliphatic rings. The Kier molecular flexibility index (Phi) is 5.40. The molecule has 0 unspecified atom stereocenters. The molecule has 1 aromatic heterocycles. The number of hydrogen-bond donors (Lipinski definition) is 0. The van der Waals surface area contributed by atoms with E-state index in [0.717, 1.165) is 22.3 Å². The van der Waals surface area contributed by atoms with Gasteiger partial charge in [-0.05, 0) is 42.5 Å². The highest BCUT2D eigenvalue weighted by atomic mass is 32.2. The second-order valence-electron chi connectivity index (χ2n) is 5.38. The summed E-state index contributed by atoms with van der Waals surface area (Å²) in [5.41, 5.74) is 0.834. The Bertz CT molecular complexity index is 1090. The summed E-state index contributed by atoms with van der Waals surface area (Å²) < 4.78 is 55.2. The average molecular weight is 396 g/mol. The standard InChI is InChI=1S/C17H17FN2O4S2/c1-23-10-9-20-15-8-5-13(24-2)11-16(15)25-17(20)19-26(21,22)14-6-3-12(18)4-7-14/h3-8,11H,9-10H2,1-2H3. The number of sulfonamides is 1. The van der Waals surface area contributed by atoms with Gasteiger partial charge in [0.2, 0.25) is 4.80 Å². The number of hydrogen-bond acceptors (Lipinski definition) is 5. The van der Waals surface area contributed by atoms with Gasteiger partial charge in [0.05, 0.1) is 28.8 Å². The van der Waals surface area contributed by atoms with E-state index in [2.05, 4.69) is 4.40 Å². The number of thiazole rings is 1. The monoisotopic (exact) mass is 396 g/mol. The van der Waals surface area contributed by atoms with Crippen LogP contribution in [0.1, 0.15) is 0 Å². The quantitative estimate of drug-likeness (QED) is 0.642. The van der Waals surface area contributed by atoms with Crippen molar-refractivity contribution in [3.8, 4) is 5.75 Å². The van der Waals surface area contributed by atoms with Crippen molar-refractivity contribution in [3.05, 3.63) is 53.1 Å². The Hall–Kier alpha value is -2.23. The van der Waals surface area contributed by atoms with Gasteiger partial charge in [0, 0.05) is 13.7 Å². The molecule has 0 saturated carbocycles. The largest absolute Gasteiger partial charge is 0.497 e. The highest BCUT2D eigenvalue weighted by Crippen LogP contribution is 2.23. The number of fused-ring (bicyclic) bond motifs is 1. The van der Waals surface area contributed by atoms with Crippen LogP contribution in [-0.4, -0.2) is 33.8 Å². The van der Waals surface area contributed by atoms with Gasteiger partial charge in [0.1, 0.15) is 11.6 Å². The van der Waals surface area contributed by atoms with E-state index in [1.54, 1.807) is 24.9 Å². The Labute approximate surface area is 154 Å². The summed E-state index contributed by atoms with van der Waals surface area (Å²) >= 11 is 1.24. The van der Waals surface area contributed by atoms with Crippen LogP contribution in [0.5, 0.6) is 5.75 Å². The van der Waals surface area contributed by atoms with Gasteiger partial charge in [-0.2, -0.15) is 8.42 Å². The lowest BCUT2D eigenvalue weighted by Crippen LogP contribution is -2.19.